The first kappa shape index (κ1) is 19.5. The summed E-state index contributed by atoms with van der Waals surface area (Å²) in [7, 11) is 4.66. The van der Waals surface area contributed by atoms with Crippen LogP contribution in [0.15, 0.2) is 42.5 Å². The van der Waals surface area contributed by atoms with Gasteiger partial charge in [-0.15, -0.1) is 0 Å². The highest BCUT2D eigenvalue weighted by Crippen LogP contribution is 2.28. The summed E-state index contributed by atoms with van der Waals surface area (Å²) in [5.41, 5.74) is 1.12. The number of nitrogens with zero attached hydrogens (tertiary/aromatic N) is 2. The van der Waals surface area contributed by atoms with Gasteiger partial charge in [0.1, 0.15) is 5.75 Å². The lowest BCUT2D eigenvalue weighted by Crippen LogP contribution is -2.50. The van der Waals surface area contributed by atoms with Crippen molar-refractivity contribution in [3.8, 4) is 17.2 Å². The Labute approximate surface area is 164 Å². The Kier molecular flexibility index (Phi) is 6.03. The van der Waals surface area contributed by atoms with Crippen LogP contribution < -0.4 is 14.2 Å². The number of benzene rings is 2. The summed E-state index contributed by atoms with van der Waals surface area (Å²) in [6.45, 7) is 1.91. The van der Waals surface area contributed by atoms with E-state index in [-0.39, 0.29) is 11.8 Å². The minimum atomic E-state index is -0.0885. The summed E-state index contributed by atoms with van der Waals surface area (Å²) in [6.07, 6.45) is 0. The minimum absolute atomic E-state index is 0.0582. The van der Waals surface area contributed by atoms with Crippen LogP contribution >= 0.6 is 0 Å². The van der Waals surface area contributed by atoms with E-state index in [4.69, 9.17) is 14.2 Å². The largest absolute Gasteiger partial charge is 0.497 e. The quantitative estimate of drug-likeness (QED) is 0.791. The highest BCUT2D eigenvalue weighted by atomic mass is 16.5. The number of carbonyl (C=O) groups is 2. The highest BCUT2D eigenvalue weighted by molar-refractivity contribution is 5.96. The second-order valence-corrected chi connectivity index (χ2v) is 6.39. The Bertz CT molecular complexity index is 860. The molecule has 1 saturated heterocycles. The molecule has 0 unspecified atom stereocenters. The third kappa shape index (κ3) is 4.03. The molecule has 2 aromatic carbocycles. The third-order valence-corrected chi connectivity index (χ3v) is 4.80. The minimum Gasteiger partial charge on any atom is -0.497 e. The number of hydrogen-bond donors (Lipinski definition) is 0. The van der Waals surface area contributed by atoms with Crippen molar-refractivity contribution >= 4 is 11.8 Å². The Morgan fingerprint density at radius 3 is 1.82 bits per heavy atom. The molecule has 2 aromatic rings. The number of rotatable bonds is 5. The molecule has 0 atom stereocenters. The molecule has 0 bridgehead atoms. The van der Waals surface area contributed by atoms with Crippen molar-refractivity contribution in [2.45, 2.75) is 0 Å². The SMILES string of the molecule is COc1cccc(C(=O)N2CCN(C(=O)c3ccc(OC)c(OC)c3)CC2)c1. The molecule has 0 aliphatic carbocycles. The van der Waals surface area contributed by atoms with Crippen LogP contribution in [0.5, 0.6) is 17.2 Å². The van der Waals surface area contributed by atoms with Crippen LogP contribution in [-0.2, 0) is 0 Å². The maximum Gasteiger partial charge on any atom is 0.254 e. The molecule has 0 spiro atoms. The summed E-state index contributed by atoms with van der Waals surface area (Å²) in [6, 6.07) is 12.2. The van der Waals surface area contributed by atoms with E-state index in [1.54, 1.807) is 66.5 Å². The van der Waals surface area contributed by atoms with Crippen molar-refractivity contribution in [1.82, 2.24) is 9.80 Å². The van der Waals surface area contributed by atoms with Crippen LogP contribution in [0.4, 0.5) is 0 Å². The fourth-order valence-corrected chi connectivity index (χ4v) is 3.20. The molecule has 3 rings (SSSR count). The lowest BCUT2D eigenvalue weighted by atomic mass is 10.1. The molecule has 1 fully saturated rings. The van der Waals surface area contributed by atoms with Gasteiger partial charge in [0.25, 0.3) is 11.8 Å². The van der Waals surface area contributed by atoms with E-state index in [1.807, 2.05) is 0 Å². The monoisotopic (exact) mass is 384 g/mol. The van der Waals surface area contributed by atoms with Gasteiger partial charge in [-0.25, -0.2) is 0 Å². The van der Waals surface area contributed by atoms with Gasteiger partial charge in [0, 0.05) is 37.3 Å². The molecule has 28 heavy (non-hydrogen) atoms. The number of hydrogen-bond acceptors (Lipinski definition) is 5. The molecule has 7 heteroatoms. The van der Waals surface area contributed by atoms with Gasteiger partial charge in [0.15, 0.2) is 11.5 Å². The summed E-state index contributed by atoms with van der Waals surface area (Å²) >= 11 is 0. The molecular weight excluding hydrogens is 360 g/mol. The Hall–Kier alpha value is -3.22. The van der Waals surface area contributed by atoms with Gasteiger partial charge < -0.3 is 24.0 Å². The first-order valence-electron chi connectivity index (χ1n) is 9.02. The number of amides is 2. The van der Waals surface area contributed by atoms with E-state index in [2.05, 4.69) is 0 Å². The molecule has 1 heterocycles. The van der Waals surface area contributed by atoms with Gasteiger partial charge >= 0.3 is 0 Å². The molecule has 148 valence electrons. The molecule has 0 radical (unpaired) electrons. The second kappa shape index (κ2) is 8.65. The number of carbonyl (C=O) groups excluding carboxylic acids is 2. The lowest BCUT2D eigenvalue weighted by molar-refractivity contribution is 0.0535. The van der Waals surface area contributed by atoms with E-state index in [0.717, 1.165) is 0 Å². The maximum absolute atomic E-state index is 12.8. The maximum atomic E-state index is 12.8. The van der Waals surface area contributed by atoms with Crippen LogP contribution in [0.25, 0.3) is 0 Å². The third-order valence-electron chi connectivity index (χ3n) is 4.80. The van der Waals surface area contributed by atoms with Crippen LogP contribution in [0.2, 0.25) is 0 Å². The van der Waals surface area contributed by atoms with E-state index < -0.39 is 0 Å². The summed E-state index contributed by atoms with van der Waals surface area (Å²) in [5.74, 6) is 1.59. The Balaban J connectivity index is 1.64. The van der Waals surface area contributed by atoms with E-state index >= 15 is 0 Å². The average Bonchev–Trinajstić information content (AvgIpc) is 2.77. The molecule has 1 aliphatic rings. The fraction of sp³-hybridized carbons (Fsp3) is 0.333. The van der Waals surface area contributed by atoms with Crippen molar-refractivity contribution < 1.29 is 23.8 Å². The fourth-order valence-electron chi connectivity index (χ4n) is 3.20. The normalized spacial score (nSPS) is 13.8. The summed E-state index contributed by atoms with van der Waals surface area (Å²) < 4.78 is 15.7. The van der Waals surface area contributed by atoms with Crippen molar-refractivity contribution in [2.24, 2.45) is 0 Å². The van der Waals surface area contributed by atoms with Crippen LogP contribution in [-0.4, -0.2) is 69.1 Å². The predicted octanol–water partition coefficient (Wildman–Crippen LogP) is 2.31. The molecular formula is C21H24N2O5. The van der Waals surface area contributed by atoms with Gasteiger partial charge in [-0.05, 0) is 36.4 Å². The van der Waals surface area contributed by atoms with Gasteiger partial charge in [0.05, 0.1) is 21.3 Å². The molecule has 0 aromatic heterocycles. The smallest absolute Gasteiger partial charge is 0.254 e. The highest BCUT2D eigenvalue weighted by Gasteiger charge is 2.26. The van der Waals surface area contributed by atoms with Crippen LogP contribution in [0.3, 0.4) is 0 Å². The van der Waals surface area contributed by atoms with E-state index in [1.165, 1.54) is 7.11 Å². The van der Waals surface area contributed by atoms with Crippen LogP contribution in [0, 0.1) is 0 Å². The van der Waals surface area contributed by atoms with Gasteiger partial charge in [-0.1, -0.05) is 6.07 Å². The predicted molar refractivity (Wildman–Crippen MR) is 104 cm³/mol. The van der Waals surface area contributed by atoms with Crippen molar-refractivity contribution in [3.63, 3.8) is 0 Å². The number of ether oxygens (including phenoxy) is 3. The zero-order valence-corrected chi connectivity index (χ0v) is 16.3. The molecule has 1 aliphatic heterocycles. The zero-order valence-electron chi connectivity index (χ0n) is 16.3. The molecule has 0 N–H and O–H groups in total. The van der Waals surface area contributed by atoms with Crippen molar-refractivity contribution in [1.29, 1.82) is 0 Å². The summed E-state index contributed by atoms with van der Waals surface area (Å²) in [4.78, 5) is 29.0. The first-order valence-corrected chi connectivity index (χ1v) is 9.02. The van der Waals surface area contributed by atoms with Crippen molar-refractivity contribution in [3.05, 3.63) is 53.6 Å². The standard InChI is InChI=1S/C21H24N2O5/c1-26-17-6-4-5-15(13-17)20(24)22-9-11-23(12-10-22)21(25)16-7-8-18(27-2)19(14-16)28-3/h4-8,13-14H,9-12H2,1-3H3. The first-order chi connectivity index (χ1) is 13.6. The number of piperazine rings is 1. The van der Waals surface area contributed by atoms with Gasteiger partial charge in [-0.3, -0.25) is 9.59 Å². The number of methoxy groups -OCH3 is 3. The topological polar surface area (TPSA) is 68.3 Å². The van der Waals surface area contributed by atoms with E-state index in [9.17, 15) is 9.59 Å². The molecule has 7 nitrogen and oxygen atoms in total. The Morgan fingerprint density at radius 1 is 0.714 bits per heavy atom. The molecule has 2 amide bonds. The van der Waals surface area contributed by atoms with Gasteiger partial charge in [-0.2, -0.15) is 0 Å². The average molecular weight is 384 g/mol. The van der Waals surface area contributed by atoms with E-state index in [0.29, 0.717) is 54.6 Å². The zero-order chi connectivity index (χ0) is 20.1. The molecule has 0 saturated carbocycles. The summed E-state index contributed by atoms with van der Waals surface area (Å²) in [5, 5.41) is 0. The lowest BCUT2D eigenvalue weighted by Gasteiger charge is -2.35. The Morgan fingerprint density at radius 2 is 1.29 bits per heavy atom. The van der Waals surface area contributed by atoms with Gasteiger partial charge in [0.2, 0.25) is 0 Å². The van der Waals surface area contributed by atoms with Crippen molar-refractivity contribution in [2.75, 3.05) is 47.5 Å². The second-order valence-electron chi connectivity index (χ2n) is 6.39. The van der Waals surface area contributed by atoms with Crippen LogP contribution in [0.1, 0.15) is 20.7 Å².